The van der Waals surface area contributed by atoms with E-state index in [1.54, 1.807) is 4.90 Å². The zero-order valence-electron chi connectivity index (χ0n) is 15.1. The van der Waals surface area contributed by atoms with Crippen molar-refractivity contribution in [2.45, 2.75) is 38.8 Å². The highest BCUT2D eigenvalue weighted by atomic mass is 16.3. The van der Waals surface area contributed by atoms with Crippen molar-refractivity contribution in [1.29, 1.82) is 0 Å². The number of carbonyl (C=O) groups excluding carboxylic acids is 2. The molecule has 1 fully saturated rings. The summed E-state index contributed by atoms with van der Waals surface area (Å²) in [6, 6.07) is 9.72. The summed E-state index contributed by atoms with van der Waals surface area (Å²) in [5.41, 5.74) is 1.22. The largest absolute Gasteiger partial charge is 0.395 e. The van der Waals surface area contributed by atoms with Crippen LogP contribution >= 0.6 is 0 Å². The number of aliphatic hydroxyl groups is 1. The molecule has 2 amide bonds. The van der Waals surface area contributed by atoms with Crippen LogP contribution in [0.15, 0.2) is 30.3 Å². The summed E-state index contributed by atoms with van der Waals surface area (Å²) < 4.78 is 0. The molecule has 138 valence electrons. The molecule has 0 radical (unpaired) electrons. The SMILES string of the molecule is CC(C)N(CCO)C(=O)CC1C(=O)NCCN1CCc1ccccc1. The molecule has 2 N–H and O–H groups in total. The molecule has 1 aromatic rings. The predicted molar refractivity (Wildman–Crippen MR) is 97.1 cm³/mol. The highest BCUT2D eigenvalue weighted by Gasteiger charge is 2.33. The molecule has 1 aliphatic rings. The Morgan fingerprint density at radius 2 is 2.08 bits per heavy atom. The van der Waals surface area contributed by atoms with Crippen LogP contribution in [0.2, 0.25) is 0 Å². The topological polar surface area (TPSA) is 72.9 Å². The van der Waals surface area contributed by atoms with Gasteiger partial charge in [-0.05, 0) is 25.8 Å². The Bertz CT molecular complexity index is 562. The Morgan fingerprint density at radius 3 is 2.72 bits per heavy atom. The first-order chi connectivity index (χ1) is 12.0. The van der Waals surface area contributed by atoms with E-state index in [2.05, 4.69) is 22.3 Å². The Kier molecular flexibility index (Phi) is 7.40. The first-order valence-corrected chi connectivity index (χ1v) is 8.99. The van der Waals surface area contributed by atoms with Crippen molar-refractivity contribution in [3.8, 4) is 0 Å². The standard InChI is InChI=1S/C19H29N3O3/c1-15(2)22(12-13-23)18(24)14-17-19(25)20-9-11-21(17)10-8-16-6-4-3-5-7-16/h3-7,15,17,23H,8-14H2,1-2H3,(H,20,25). The average Bonchev–Trinajstić information content (AvgIpc) is 2.60. The third-order valence-electron chi connectivity index (χ3n) is 4.62. The number of hydrogen-bond acceptors (Lipinski definition) is 4. The summed E-state index contributed by atoms with van der Waals surface area (Å²) in [5.74, 6) is -0.170. The lowest BCUT2D eigenvalue weighted by atomic mass is 10.1. The van der Waals surface area contributed by atoms with Crippen LogP contribution in [0.5, 0.6) is 0 Å². The van der Waals surface area contributed by atoms with Crippen LogP contribution in [-0.4, -0.2) is 71.6 Å². The smallest absolute Gasteiger partial charge is 0.237 e. The molecule has 1 heterocycles. The molecule has 0 bridgehead atoms. The molecule has 1 aliphatic heterocycles. The van der Waals surface area contributed by atoms with Crippen molar-refractivity contribution in [1.82, 2.24) is 15.1 Å². The van der Waals surface area contributed by atoms with Gasteiger partial charge in [-0.3, -0.25) is 14.5 Å². The Morgan fingerprint density at radius 1 is 1.36 bits per heavy atom. The molecule has 6 heteroatoms. The van der Waals surface area contributed by atoms with Crippen LogP contribution in [0, 0.1) is 0 Å². The van der Waals surface area contributed by atoms with Crippen LogP contribution in [-0.2, 0) is 16.0 Å². The predicted octanol–water partition coefficient (Wildman–Crippen LogP) is 0.649. The van der Waals surface area contributed by atoms with Gasteiger partial charge in [0, 0.05) is 32.2 Å². The molecule has 0 aliphatic carbocycles. The van der Waals surface area contributed by atoms with Crippen molar-refractivity contribution < 1.29 is 14.7 Å². The lowest BCUT2D eigenvalue weighted by Crippen LogP contribution is -2.57. The van der Waals surface area contributed by atoms with E-state index in [4.69, 9.17) is 0 Å². The molecule has 1 atom stereocenters. The van der Waals surface area contributed by atoms with Crippen molar-refractivity contribution in [2.75, 3.05) is 32.8 Å². The van der Waals surface area contributed by atoms with Crippen LogP contribution < -0.4 is 5.32 Å². The number of nitrogens with zero attached hydrogens (tertiary/aromatic N) is 2. The average molecular weight is 347 g/mol. The number of carbonyl (C=O) groups is 2. The molecular formula is C19H29N3O3. The fraction of sp³-hybridized carbons (Fsp3) is 0.579. The normalized spacial score (nSPS) is 18.2. The molecule has 1 unspecified atom stereocenters. The maximum Gasteiger partial charge on any atom is 0.237 e. The molecule has 0 saturated carbocycles. The summed E-state index contributed by atoms with van der Waals surface area (Å²) in [5, 5.41) is 12.0. The lowest BCUT2D eigenvalue weighted by Gasteiger charge is -2.36. The number of amides is 2. The summed E-state index contributed by atoms with van der Waals surface area (Å²) in [6.45, 7) is 6.18. The van der Waals surface area contributed by atoms with E-state index in [0.29, 0.717) is 13.1 Å². The quantitative estimate of drug-likeness (QED) is 0.724. The number of aliphatic hydroxyl groups excluding tert-OH is 1. The van der Waals surface area contributed by atoms with Gasteiger partial charge in [0.25, 0.3) is 0 Å². The second-order valence-corrected chi connectivity index (χ2v) is 6.69. The minimum Gasteiger partial charge on any atom is -0.395 e. The second-order valence-electron chi connectivity index (χ2n) is 6.69. The number of piperazine rings is 1. The minimum atomic E-state index is -0.440. The zero-order valence-corrected chi connectivity index (χ0v) is 15.1. The number of rotatable bonds is 8. The van der Waals surface area contributed by atoms with Gasteiger partial charge in [-0.2, -0.15) is 0 Å². The van der Waals surface area contributed by atoms with Crippen molar-refractivity contribution in [3.05, 3.63) is 35.9 Å². The maximum atomic E-state index is 12.6. The highest BCUT2D eigenvalue weighted by molar-refractivity contribution is 5.89. The fourth-order valence-electron chi connectivity index (χ4n) is 3.23. The van der Waals surface area contributed by atoms with E-state index in [1.165, 1.54) is 5.56 Å². The zero-order chi connectivity index (χ0) is 18.2. The summed E-state index contributed by atoms with van der Waals surface area (Å²) >= 11 is 0. The Labute approximate surface area is 149 Å². The van der Waals surface area contributed by atoms with E-state index in [-0.39, 0.29) is 30.9 Å². The van der Waals surface area contributed by atoms with Gasteiger partial charge in [0.05, 0.1) is 19.1 Å². The maximum absolute atomic E-state index is 12.6. The Balaban J connectivity index is 2.00. The molecular weight excluding hydrogens is 318 g/mol. The van der Waals surface area contributed by atoms with Gasteiger partial charge in [0.2, 0.25) is 11.8 Å². The molecule has 0 aromatic heterocycles. The van der Waals surface area contributed by atoms with Gasteiger partial charge in [-0.1, -0.05) is 30.3 Å². The molecule has 6 nitrogen and oxygen atoms in total. The first kappa shape index (κ1) is 19.4. The number of hydrogen-bond donors (Lipinski definition) is 2. The van der Waals surface area contributed by atoms with Gasteiger partial charge in [0.15, 0.2) is 0 Å². The monoisotopic (exact) mass is 347 g/mol. The second kappa shape index (κ2) is 9.53. The number of nitrogens with one attached hydrogen (secondary N) is 1. The van der Waals surface area contributed by atoms with Crippen LogP contribution in [0.3, 0.4) is 0 Å². The van der Waals surface area contributed by atoms with E-state index >= 15 is 0 Å². The first-order valence-electron chi connectivity index (χ1n) is 8.99. The molecule has 1 saturated heterocycles. The van der Waals surface area contributed by atoms with Crippen molar-refractivity contribution in [2.24, 2.45) is 0 Å². The fourth-order valence-corrected chi connectivity index (χ4v) is 3.23. The van der Waals surface area contributed by atoms with Crippen LogP contribution in [0.25, 0.3) is 0 Å². The van der Waals surface area contributed by atoms with Crippen LogP contribution in [0.4, 0.5) is 0 Å². The van der Waals surface area contributed by atoms with Gasteiger partial charge in [-0.25, -0.2) is 0 Å². The molecule has 0 spiro atoms. The minimum absolute atomic E-state index is 0.00377. The van der Waals surface area contributed by atoms with E-state index < -0.39 is 6.04 Å². The summed E-state index contributed by atoms with van der Waals surface area (Å²) in [6.07, 6.45) is 1.00. The number of benzene rings is 1. The highest BCUT2D eigenvalue weighted by Crippen LogP contribution is 2.13. The summed E-state index contributed by atoms with van der Waals surface area (Å²) in [7, 11) is 0. The van der Waals surface area contributed by atoms with Gasteiger partial charge >= 0.3 is 0 Å². The molecule has 25 heavy (non-hydrogen) atoms. The van der Waals surface area contributed by atoms with Gasteiger partial charge in [-0.15, -0.1) is 0 Å². The Hall–Kier alpha value is -1.92. The molecule has 1 aromatic carbocycles. The van der Waals surface area contributed by atoms with E-state index in [1.807, 2.05) is 32.0 Å². The van der Waals surface area contributed by atoms with Gasteiger partial charge in [0.1, 0.15) is 0 Å². The third-order valence-corrected chi connectivity index (χ3v) is 4.62. The molecule has 2 rings (SSSR count). The van der Waals surface area contributed by atoms with E-state index in [0.717, 1.165) is 19.5 Å². The van der Waals surface area contributed by atoms with Crippen molar-refractivity contribution >= 4 is 11.8 Å². The third kappa shape index (κ3) is 5.54. The lowest BCUT2D eigenvalue weighted by molar-refractivity contribution is -0.140. The van der Waals surface area contributed by atoms with Crippen molar-refractivity contribution in [3.63, 3.8) is 0 Å². The van der Waals surface area contributed by atoms with Gasteiger partial charge < -0.3 is 15.3 Å². The van der Waals surface area contributed by atoms with Crippen LogP contribution in [0.1, 0.15) is 25.8 Å². The van der Waals surface area contributed by atoms with E-state index in [9.17, 15) is 14.7 Å². The summed E-state index contributed by atoms with van der Waals surface area (Å²) in [4.78, 5) is 28.7.